The largest absolute Gasteiger partial charge is 0.340 e. The molecule has 0 bridgehead atoms. The van der Waals surface area contributed by atoms with Crippen molar-refractivity contribution in [1.29, 1.82) is 0 Å². The number of hydrogen-bond acceptors (Lipinski definition) is 4. The standard InChI is InChI=1S/C7H15N3O3S/c1-9-14(12,13)5-4-10-3-2-6(8)7(10)11/h6,9H,2-5,8H2,1H3. The minimum atomic E-state index is -3.23. The summed E-state index contributed by atoms with van der Waals surface area (Å²) in [6.07, 6.45) is 0.610. The van der Waals surface area contributed by atoms with Gasteiger partial charge in [-0.2, -0.15) is 0 Å². The van der Waals surface area contributed by atoms with E-state index in [9.17, 15) is 13.2 Å². The molecular weight excluding hydrogens is 206 g/mol. The van der Waals surface area contributed by atoms with Crippen molar-refractivity contribution in [3.63, 3.8) is 0 Å². The number of likely N-dealkylation sites (tertiary alicyclic amines) is 1. The Labute approximate surface area is 83.5 Å². The molecule has 3 N–H and O–H groups in total. The summed E-state index contributed by atoms with van der Waals surface area (Å²) in [6.45, 7) is 0.773. The minimum Gasteiger partial charge on any atom is -0.340 e. The number of sulfonamides is 1. The lowest BCUT2D eigenvalue weighted by Crippen LogP contribution is -2.38. The van der Waals surface area contributed by atoms with E-state index in [4.69, 9.17) is 5.73 Å². The Morgan fingerprint density at radius 1 is 1.64 bits per heavy atom. The summed E-state index contributed by atoms with van der Waals surface area (Å²) in [6, 6.07) is -0.452. The average Bonchev–Trinajstić information content (AvgIpc) is 2.45. The van der Waals surface area contributed by atoms with E-state index in [1.165, 1.54) is 11.9 Å². The third-order valence-electron chi connectivity index (χ3n) is 2.28. The Morgan fingerprint density at radius 3 is 2.71 bits per heavy atom. The van der Waals surface area contributed by atoms with Crippen LogP contribution in [0.3, 0.4) is 0 Å². The Morgan fingerprint density at radius 2 is 2.29 bits per heavy atom. The Hall–Kier alpha value is -0.660. The Balaban J connectivity index is 2.44. The molecule has 0 radical (unpaired) electrons. The van der Waals surface area contributed by atoms with Gasteiger partial charge in [0, 0.05) is 13.1 Å². The van der Waals surface area contributed by atoms with Crippen LogP contribution in [0, 0.1) is 0 Å². The second-order valence-corrected chi connectivity index (χ2v) is 5.29. The first kappa shape index (κ1) is 11.4. The van der Waals surface area contributed by atoms with Crippen LogP contribution >= 0.6 is 0 Å². The molecule has 1 amide bonds. The van der Waals surface area contributed by atoms with Crippen LogP contribution < -0.4 is 10.5 Å². The number of rotatable bonds is 4. The van der Waals surface area contributed by atoms with E-state index in [2.05, 4.69) is 4.72 Å². The van der Waals surface area contributed by atoms with E-state index >= 15 is 0 Å². The molecule has 1 aliphatic heterocycles. The van der Waals surface area contributed by atoms with Crippen LogP contribution in [-0.4, -0.2) is 51.2 Å². The lowest BCUT2D eigenvalue weighted by Gasteiger charge is -2.15. The molecule has 7 heteroatoms. The zero-order chi connectivity index (χ0) is 10.8. The quantitative estimate of drug-likeness (QED) is 0.579. The lowest BCUT2D eigenvalue weighted by molar-refractivity contribution is -0.128. The second kappa shape index (κ2) is 4.24. The fraction of sp³-hybridized carbons (Fsp3) is 0.857. The first-order chi connectivity index (χ1) is 6.46. The van der Waals surface area contributed by atoms with Crippen LogP contribution in [0.4, 0.5) is 0 Å². The number of nitrogens with zero attached hydrogens (tertiary/aromatic N) is 1. The molecule has 1 aliphatic rings. The summed E-state index contributed by atoms with van der Waals surface area (Å²) in [5.74, 6) is -0.224. The minimum absolute atomic E-state index is 0.0675. The SMILES string of the molecule is CNS(=O)(=O)CCN1CCC(N)C1=O. The first-order valence-electron chi connectivity index (χ1n) is 4.42. The van der Waals surface area contributed by atoms with Gasteiger partial charge in [-0.15, -0.1) is 0 Å². The molecule has 0 aliphatic carbocycles. The van der Waals surface area contributed by atoms with Crippen molar-refractivity contribution < 1.29 is 13.2 Å². The highest BCUT2D eigenvalue weighted by Crippen LogP contribution is 2.08. The lowest BCUT2D eigenvalue weighted by atomic mass is 10.3. The summed E-state index contributed by atoms with van der Waals surface area (Å²) in [7, 11) is -1.88. The summed E-state index contributed by atoms with van der Waals surface area (Å²) >= 11 is 0. The molecule has 1 heterocycles. The number of nitrogens with two attached hydrogens (primary N) is 1. The number of hydrogen-bond donors (Lipinski definition) is 2. The van der Waals surface area contributed by atoms with Gasteiger partial charge >= 0.3 is 0 Å². The average molecular weight is 221 g/mol. The highest BCUT2D eigenvalue weighted by Gasteiger charge is 2.28. The van der Waals surface area contributed by atoms with Crippen molar-refractivity contribution in [1.82, 2.24) is 9.62 Å². The Bertz CT molecular complexity index is 314. The van der Waals surface area contributed by atoms with E-state index in [1.807, 2.05) is 0 Å². The van der Waals surface area contributed by atoms with Gasteiger partial charge in [0.05, 0.1) is 11.8 Å². The van der Waals surface area contributed by atoms with Crippen molar-refractivity contribution in [3.8, 4) is 0 Å². The number of carbonyl (C=O) groups excluding carboxylic acids is 1. The molecule has 6 nitrogen and oxygen atoms in total. The zero-order valence-corrected chi connectivity index (χ0v) is 8.88. The van der Waals surface area contributed by atoms with Gasteiger partial charge in [0.1, 0.15) is 0 Å². The number of nitrogens with one attached hydrogen (secondary N) is 1. The van der Waals surface area contributed by atoms with Gasteiger partial charge in [-0.25, -0.2) is 13.1 Å². The summed E-state index contributed by atoms with van der Waals surface area (Å²) in [4.78, 5) is 12.8. The van der Waals surface area contributed by atoms with Crippen molar-refractivity contribution in [3.05, 3.63) is 0 Å². The van der Waals surface area contributed by atoms with Crippen molar-refractivity contribution in [2.75, 3.05) is 25.9 Å². The smallest absolute Gasteiger partial charge is 0.239 e. The third-order valence-corrected chi connectivity index (χ3v) is 3.62. The monoisotopic (exact) mass is 221 g/mol. The summed E-state index contributed by atoms with van der Waals surface area (Å²) in [5, 5.41) is 0. The third kappa shape index (κ3) is 2.66. The zero-order valence-electron chi connectivity index (χ0n) is 8.06. The van der Waals surface area contributed by atoms with Gasteiger partial charge in [0.15, 0.2) is 0 Å². The molecule has 1 atom stereocenters. The summed E-state index contributed by atoms with van der Waals surface area (Å²) < 4.78 is 24.3. The van der Waals surface area contributed by atoms with Gasteiger partial charge in [-0.1, -0.05) is 0 Å². The van der Waals surface area contributed by atoms with Crippen molar-refractivity contribution in [2.24, 2.45) is 5.73 Å². The van der Waals surface area contributed by atoms with Crippen LogP contribution in [-0.2, 0) is 14.8 Å². The normalized spacial score (nSPS) is 23.1. The second-order valence-electron chi connectivity index (χ2n) is 3.24. The maximum atomic E-state index is 11.3. The van der Waals surface area contributed by atoms with Crippen LogP contribution in [0.25, 0.3) is 0 Å². The molecule has 0 aromatic carbocycles. The van der Waals surface area contributed by atoms with E-state index < -0.39 is 16.1 Å². The van der Waals surface area contributed by atoms with Crippen molar-refractivity contribution >= 4 is 15.9 Å². The molecule has 1 fully saturated rings. The number of amides is 1. The molecule has 0 aromatic heterocycles. The van der Waals surface area contributed by atoms with Gasteiger partial charge in [-0.05, 0) is 13.5 Å². The maximum absolute atomic E-state index is 11.3. The molecule has 14 heavy (non-hydrogen) atoms. The van der Waals surface area contributed by atoms with E-state index in [0.717, 1.165) is 0 Å². The van der Waals surface area contributed by atoms with Gasteiger partial charge < -0.3 is 10.6 Å². The van der Waals surface area contributed by atoms with Crippen LogP contribution in [0.1, 0.15) is 6.42 Å². The molecule has 1 saturated heterocycles. The molecular formula is C7H15N3O3S. The molecule has 0 spiro atoms. The topological polar surface area (TPSA) is 92.5 Å². The van der Waals surface area contributed by atoms with Crippen LogP contribution in [0.2, 0.25) is 0 Å². The predicted molar refractivity (Wildman–Crippen MR) is 52.0 cm³/mol. The molecule has 1 unspecified atom stereocenters. The fourth-order valence-corrected chi connectivity index (χ4v) is 1.98. The van der Waals surface area contributed by atoms with E-state index in [-0.39, 0.29) is 18.2 Å². The fourth-order valence-electron chi connectivity index (χ4n) is 1.32. The van der Waals surface area contributed by atoms with Crippen LogP contribution in [0.15, 0.2) is 0 Å². The van der Waals surface area contributed by atoms with Crippen LogP contribution in [0.5, 0.6) is 0 Å². The Kier molecular flexibility index (Phi) is 3.46. The maximum Gasteiger partial charge on any atom is 0.239 e. The molecule has 1 rings (SSSR count). The number of carbonyl (C=O) groups is 1. The predicted octanol–water partition coefficient (Wildman–Crippen LogP) is -1.90. The van der Waals surface area contributed by atoms with Crippen molar-refractivity contribution in [2.45, 2.75) is 12.5 Å². The highest BCUT2D eigenvalue weighted by atomic mass is 32.2. The summed E-state index contributed by atoms with van der Waals surface area (Å²) in [5.41, 5.74) is 5.48. The van der Waals surface area contributed by atoms with Gasteiger partial charge in [0.25, 0.3) is 0 Å². The van der Waals surface area contributed by atoms with E-state index in [0.29, 0.717) is 13.0 Å². The molecule has 0 saturated carbocycles. The molecule has 0 aromatic rings. The first-order valence-corrected chi connectivity index (χ1v) is 6.07. The van der Waals surface area contributed by atoms with Gasteiger partial charge in [0.2, 0.25) is 15.9 Å². The highest BCUT2D eigenvalue weighted by molar-refractivity contribution is 7.89. The van der Waals surface area contributed by atoms with Gasteiger partial charge in [-0.3, -0.25) is 4.79 Å². The van der Waals surface area contributed by atoms with E-state index in [1.54, 1.807) is 0 Å². The molecule has 82 valence electrons.